The van der Waals surface area contributed by atoms with Crippen LogP contribution in [0.2, 0.25) is 12.1 Å². The Morgan fingerprint density at radius 2 is 0.765 bits per heavy atom. The number of hydrogen-bond donors (Lipinski definition) is 0. The highest BCUT2D eigenvalue weighted by molar-refractivity contribution is 6.61. The third kappa shape index (κ3) is 14.5. The van der Waals surface area contributed by atoms with Crippen molar-refractivity contribution in [1.29, 1.82) is 0 Å². The van der Waals surface area contributed by atoms with E-state index in [1.54, 1.807) is 7.11 Å². The number of aryl methyl sites for hydroxylation is 2. The minimum absolute atomic E-state index is 0.646. The maximum absolute atomic E-state index is 6.01. The maximum atomic E-state index is 6.01. The van der Waals surface area contributed by atoms with E-state index in [1.807, 2.05) is 47.0 Å². The van der Waals surface area contributed by atoms with Gasteiger partial charge in [-0.25, -0.2) is 0 Å². The van der Waals surface area contributed by atoms with Gasteiger partial charge in [0.25, 0.3) is 0 Å². The molecule has 8 nitrogen and oxygen atoms in total. The van der Waals surface area contributed by atoms with Gasteiger partial charge in [0.2, 0.25) is 0 Å². The Labute approximate surface area is 312 Å². The highest BCUT2D eigenvalue weighted by Crippen LogP contribution is 2.29. The van der Waals surface area contributed by atoms with Crippen molar-refractivity contribution in [2.75, 3.05) is 40.1 Å². The lowest BCUT2D eigenvalue weighted by molar-refractivity contribution is 0.0706. The van der Waals surface area contributed by atoms with E-state index in [1.165, 1.54) is 98.9 Å². The average molecular weight is 743 g/mol. The van der Waals surface area contributed by atoms with Crippen molar-refractivity contribution in [2.45, 2.75) is 149 Å². The summed E-state index contributed by atoms with van der Waals surface area (Å²) in [6, 6.07) is 10.8. The molecule has 0 saturated carbocycles. The van der Waals surface area contributed by atoms with Crippen molar-refractivity contribution in [2.24, 2.45) is 0 Å². The standard InChI is InChI=1S/C41H70N2O6Si2/c1-7-45-50(44-6,46-8-2)34-24-20-16-12-14-18-22-26-36-30-32-42-40-38(36)28-29-39-37(31-33-43-41(39)40)27-23-19-15-13-17-21-25-35-51(47-9-3,48-10-4)49-11-5/h28-33H,7-27,34-35H2,1-6H3. The first kappa shape index (κ1) is 43.6. The van der Waals surface area contributed by atoms with E-state index in [9.17, 15) is 0 Å². The Morgan fingerprint density at radius 3 is 1.14 bits per heavy atom. The third-order valence-corrected chi connectivity index (χ3v) is 16.0. The normalized spacial score (nSPS) is 12.4. The molecule has 0 unspecified atom stereocenters. The smallest absolute Gasteiger partial charge is 0.377 e. The van der Waals surface area contributed by atoms with Crippen molar-refractivity contribution in [3.05, 3.63) is 47.8 Å². The summed E-state index contributed by atoms with van der Waals surface area (Å²) < 4.78 is 35.6. The highest BCUT2D eigenvalue weighted by atomic mass is 28.4. The molecular weight excluding hydrogens is 673 g/mol. The number of hydrogen-bond acceptors (Lipinski definition) is 8. The van der Waals surface area contributed by atoms with Gasteiger partial charge < -0.3 is 26.6 Å². The van der Waals surface area contributed by atoms with Crippen LogP contribution in [-0.4, -0.2) is 67.7 Å². The van der Waals surface area contributed by atoms with E-state index in [2.05, 4.69) is 24.3 Å². The fraction of sp³-hybridized carbons (Fsp3) is 0.707. The van der Waals surface area contributed by atoms with Crippen molar-refractivity contribution in [1.82, 2.24) is 9.97 Å². The molecule has 1 aromatic carbocycles. The molecule has 0 saturated heterocycles. The molecule has 10 heteroatoms. The van der Waals surface area contributed by atoms with Gasteiger partial charge in [-0.15, -0.1) is 0 Å². The predicted molar refractivity (Wildman–Crippen MR) is 215 cm³/mol. The first-order chi connectivity index (χ1) is 25.0. The van der Waals surface area contributed by atoms with Gasteiger partial charge in [0.15, 0.2) is 0 Å². The summed E-state index contributed by atoms with van der Waals surface area (Å²) in [6.07, 6.45) is 23.3. The molecule has 0 N–H and O–H groups in total. The van der Waals surface area contributed by atoms with Gasteiger partial charge in [-0.1, -0.05) is 76.3 Å². The zero-order valence-electron chi connectivity index (χ0n) is 33.1. The Hall–Kier alpha value is -1.77. The third-order valence-electron chi connectivity index (χ3n) is 9.79. The molecule has 2 aromatic heterocycles. The van der Waals surface area contributed by atoms with Crippen LogP contribution >= 0.6 is 0 Å². The molecule has 0 amide bonds. The Morgan fingerprint density at radius 1 is 0.431 bits per heavy atom. The van der Waals surface area contributed by atoms with Crippen molar-refractivity contribution < 1.29 is 26.6 Å². The van der Waals surface area contributed by atoms with Gasteiger partial charge >= 0.3 is 17.6 Å². The fourth-order valence-corrected chi connectivity index (χ4v) is 12.4. The quantitative estimate of drug-likeness (QED) is 0.0366. The molecule has 0 radical (unpaired) electrons. The van der Waals surface area contributed by atoms with Gasteiger partial charge in [0.1, 0.15) is 0 Å². The van der Waals surface area contributed by atoms with E-state index in [0.29, 0.717) is 33.0 Å². The fourth-order valence-electron chi connectivity index (χ4n) is 7.31. The number of fused-ring (bicyclic) bond motifs is 3. The van der Waals surface area contributed by atoms with Crippen LogP contribution in [0.1, 0.15) is 136 Å². The second kappa shape index (κ2) is 25.3. The predicted octanol–water partition coefficient (Wildman–Crippen LogP) is 11.0. The summed E-state index contributed by atoms with van der Waals surface area (Å²) in [6.45, 7) is 13.4. The summed E-state index contributed by atoms with van der Waals surface area (Å²) in [5, 5.41) is 2.51. The number of aromatic nitrogens is 2. The minimum Gasteiger partial charge on any atom is -0.377 e. The van der Waals surface area contributed by atoms with Crippen LogP contribution < -0.4 is 0 Å². The highest BCUT2D eigenvalue weighted by Gasteiger charge is 2.40. The Balaban J connectivity index is 1.38. The van der Waals surface area contributed by atoms with Gasteiger partial charge in [0.05, 0.1) is 11.0 Å². The van der Waals surface area contributed by atoms with E-state index in [-0.39, 0.29) is 0 Å². The van der Waals surface area contributed by atoms with Crippen LogP contribution in [0.5, 0.6) is 0 Å². The van der Waals surface area contributed by atoms with Gasteiger partial charge in [-0.05, 0) is 96.4 Å². The molecule has 0 atom stereocenters. The van der Waals surface area contributed by atoms with Crippen LogP contribution in [0, 0.1) is 0 Å². The van der Waals surface area contributed by atoms with Crippen molar-refractivity contribution in [3.63, 3.8) is 0 Å². The minimum atomic E-state index is -2.50. The second-order valence-electron chi connectivity index (χ2n) is 13.5. The number of unbranched alkanes of at least 4 members (excludes halogenated alkanes) is 12. The molecule has 288 valence electrons. The van der Waals surface area contributed by atoms with Crippen LogP contribution in [0.4, 0.5) is 0 Å². The largest absolute Gasteiger partial charge is 0.500 e. The molecule has 0 aliphatic rings. The van der Waals surface area contributed by atoms with Crippen LogP contribution in [0.15, 0.2) is 36.7 Å². The summed E-state index contributed by atoms with van der Waals surface area (Å²) in [5.74, 6) is 0. The van der Waals surface area contributed by atoms with Crippen LogP contribution in [0.25, 0.3) is 21.8 Å². The zero-order chi connectivity index (χ0) is 36.6. The van der Waals surface area contributed by atoms with E-state index in [4.69, 9.17) is 36.5 Å². The molecule has 0 aliphatic heterocycles. The topological polar surface area (TPSA) is 81.2 Å². The monoisotopic (exact) mass is 742 g/mol. The van der Waals surface area contributed by atoms with Gasteiger partial charge in [-0.2, -0.15) is 0 Å². The van der Waals surface area contributed by atoms with E-state index in [0.717, 1.165) is 48.8 Å². The number of rotatable bonds is 31. The van der Waals surface area contributed by atoms with E-state index >= 15 is 0 Å². The molecule has 3 rings (SSSR count). The first-order valence-electron chi connectivity index (χ1n) is 20.4. The first-order valence-corrected chi connectivity index (χ1v) is 24.3. The molecule has 3 aromatic rings. The molecule has 51 heavy (non-hydrogen) atoms. The lowest BCUT2D eigenvalue weighted by Crippen LogP contribution is -2.45. The number of nitrogens with zero attached hydrogens (tertiary/aromatic N) is 2. The van der Waals surface area contributed by atoms with Crippen LogP contribution in [-0.2, 0) is 39.4 Å². The molecule has 0 aliphatic carbocycles. The van der Waals surface area contributed by atoms with Crippen molar-refractivity contribution in [3.8, 4) is 0 Å². The molecule has 0 bridgehead atoms. The lowest BCUT2D eigenvalue weighted by Gasteiger charge is -2.28. The second-order valence-corrected chi connectivity index (χ2v) is 19.1. The van der Waals surface area contributed by atoms with Crippen molar-refractivity contribution >= 4 is 39.4 Å². The maximum Gasteiger partial charge on any atom is 0.500 e. The Kier molecular flexibility index (Phi) is 21.6. The SMILES string of the molecule is CCO[Si](CCCCCCCCCc1ccnc2c1ccc1c(CCCCCCCCC[Si](OCC)(OCC)OCC)ccnc12)(OC)OCC. The summed E-state index contributed by atoms with van der Waals surface area (Å²) >= 11 is 0. The average Bonchev–Trinajstić information content (AvgIpc) is 3.13. The molecule has 0 fully saturated rings. The molecule has 2 heterocycles. The van der Waals surface area contributed by atoms with Crippen LogP contribution in [0.3, 0.4) is 0 Å². The summed E-state index contributed by atoms with van der Waals surface area (Å²) in [5.41, 5.74) is 4.88. The summed E-state index contributed by atoms with van der Waals surface area (Å²) in [4.78, 5) is 9.66. The zero-order valence-corrected chi connectivity index (χ0v) is 35.1. The lowest BCUT2D eigenvalue weighted by atomic mass is 9.97. The van der Waals surface area contributed by atoms with Gasteiger partial charge in [0, 0.05) is 75.4 Å². The number of benzene rings is 1. The van der Waals surface area contributed by atoms with E-state index < -0.39 is 17.6 Å². The molecular formula is C41H70N2O6Si2. The van der Waals surface area contributed by atoms with Gasteiger partial charge in [-0.3, -0.25) is 9.97 Å². The number of pyridine rings is 2. The summed E-state index contributed by atoms with van der Waals surface area (Å²) in [7, 11) is -3.24. The Bertz CT molecular complexity index is 1340. The molecule has 0 spiro atoms.